The number of anilines is 1. The monoisotopic (exact) mass is 463 g/mol. The zero-order valence-corrected chi connectivity index (χ0v) is 19.5. The van der Waals surface area contributed by atoms with Crippen molar-refractivity contribution in [3.05, 3.63) is 99.5 Å². The van der Waals surface area contributed by atoms with Gasteiger partial charge in [-0.15, -0.1) is 0 Å². The Kier molecular flexibility index (Phi) is 6.01. The van der Waals surface area contributed by atoms with E-state index in [1.54, 1.807) is 0 Å². The number of rotatable bonds is 5. The fourth-order valence-corrected chi connectivity index (χ4v) is 6.32. The van der Waals surface area contributed by atoms with Crippen LogP contribution in [0.3, 0.4) is 0 Å². The Bertz CT molecular complexity index is 1130. The molecule has 164 valence electrons. The lowest BCUT2D eigenvalue weighted by molar-refractivity contribution is -0.123. The van der Waals surface area contributed by atoms with E-state index in [-0.39, 0.29) is 11.8 Å². The van der Waals surface area contributed by atoms with E-state index in [1.165, 1.54) is 12.0 Å². The van der Waals surface area contributed by atoms with Crippen LogP contribution in [0, 0.1) is 11.8 Å². The maximum absolute atomic E-state index is 13.7. The maximum Gasteiger partial charge on any atom is 0.235 e. The molecule has 2 nitrogen and oxygen atoms in total. The van der Waals surface area contributed by atoms with Gasteiger partial charge >= 0.3 is 0 Å². The van der Waals surface area contributed by atoms with Crippen LogP contribution in [0.25, 0.3) is 0 Å². The maximum atomic E-state index is 13.7. The normalized spacial score (nSPS) is 24.8. The van der Waals surface area contributed by atoms with Gasteiger partial charge in [0.15, 0.2) is 0 Å². The van der Waals surface area contributed by atoms with Gasteiger partial charge in [0.25, 0.3) is 0 Å². The van der Waals surface area contributed by atoms with Crippen LogP contribution in [0.2, 0.25) is 10.0 Å². The highest BCUT2D eigenvalue weighted by atomic mass is 35.5. The quantitative estimate of drug-likeness (QED) is 0.417. The van der Waals surface area contributed by atoms with Gasteiger partial charge in [0.2, 0.25) is 5.91 Å². The molecule has 1 fully saturated rings. The van der Waals surface area contributed by atoms with E-state index in [0.717, 1.165) is 42.5 Å². The van der Waals surface area contributed by atoms with Gasteiger partial charge in [-0.25, -0.2) is 0 Å². The number of carbonyl (C=O) groups is 1. The molecule has 2 aliphatic rings. The largest absolute Gasteiger partial charge is 0.325 e. The molecule has 3 atom stereocenters. The first-order valence-electron chi connectivity index (χ1n) is 11.4. The number of nitrogens with one attached hydrogen (secondary N) is 1. The van der Waals surface area contributed by atoms with Crippen LogP contribution in [0.15, 0.2) is 72.8 Å². The zero-order valence-electron chi connectivity index (χ0n) is 18.0. The summed E-state index contributed by atoms with van der Waals surface area (Å²) in [5.41, 5.74) is 3.82. The number of halogens is 2. The molecule has 0 saturated heterocycles. The van der Waals surface area contributed by atoms with Gasteiger partial charge in [-0.2, -0.15) is 0 Å². The van der Waals surface area contributed by atoms with E-state index in [1.807, 2.05) is 30.3 Å². The van der Waals surface area contributed by atoms with Gasteiger partial charge in [0, 0.05) is 15.7 Å². The molecule has 1 aliphatic carbocycles. The molecule has 0 radical (unpaired) electrons. The van der Waals surface area contributed by atoms with E-state index in [0.29, 0.717) is 22.4 Å². The summed E-state index contributed by atoms with van der Waals surface area (Å²) in [6.45, 7) is 0. The molecule has 0 bridgehead atoms. The van der Waals surface area contributed by atoms with Crippen LogP contribution in [0.5, 0.6) is 0 Å². The number of benzene rings is 3. The molecule has 0 aromatic heterocycles. The van der Waals surface area contributed by atoms with Gasteiger partial charge in [-0.1, -0.05) is 84.6 Å². The number of fused-ring (bicyclic) bond motifs is 1. The Balaban J connectivity index is 1.52. The van der Waals surface area contributed by atoms with Crippen molar-refractivity contribution in [2.24, 2.45) is 11.8 Å². The smallest absolute Gasteiger partial charge is 0.235 e. The molecule has 4 heteroatoms. The molecule has 1 saturated carbocycles. The van der Waals surface area contributed by atoms with Gasteiger partial charge in [0.05, 0.1) is 5.41 Å². The van der Waals surface area contributed by atoms with Crippen LogP contribution in [0.4, 0.5) is 5.69 Å². The summed E-state index contributed by atoms with van der Waals surface area (Å²) in [6.07, 6.45) is 6.19. The van der Waals surface area contributed by atoms with Gasteiger partial charge < -0.3 is 5.32 Å². The highest BCUT2D eigenvalue weighted by Crippen LogP contribution is 2.51. The average molecular weight is 464 g/mol. The van der Waals surface area contributed by atoms with Gasteiger partial charge in [0.1, 0.15) is 0 Å². The Morgan fingerprint density at radius 3 is 2.47 bits per heavy atom. The van der Waals surface area contributed by atoms with Crippen molar-refractivity contribution >= 4 is 34.8 Å². The number of hydrogen-bond acceptors (Lipinski definition) is 1. The Labute approximate surface area is 200 Å². The van der Waals surface area contributed by atoms with Crippen molar-refractivity contribution in [2.45, 2.75) is 43.9 Å². The van der Waals surface area contributed by atoms with Crippen LogP contribution in [0.1, 0.15) is 42.4 Å². The Morgan fingerprint density at radius 2 is 1.66 bits per heavy atom. The van der Waals surface area contributed by atoms with E-state index in [2.05, 4.69) is 47.8 Å². The molecule has 5 rings (SSSR count). The van der Waals surface area contributed by atoms with Crippen LogP contribution >= 0.6 is 23.2 Å². The highest BCUT2D eigenvalue weighted by Gasteiger charge is 2.52. The minimum absolute atomic E-state index is 0.0973. The molecule has 3 aromatic rings. The molecule has 1 heterocycles. The second-order valence-corrected chi connectivity index (χ2v) is 10.2. The minimum atomic E-state index is -0.597. The van der Waals surface area contributed by atoms with E-state index >= 15 is 0 Å². The van der Waals surface area contributed by atoms with E-state index < -0.39 is 5.41 Å². The third-order valence-electron chi connectivity index (χ3n) is 7.33. The van der Waals surface area contributed by atoms with Gasteiger partial charge in [-0.3, -0.25) is 4.79 Å². The molecule has 3 unspecified atom stereocenters. The zero-order chi connectivity index (χ0) is 22.1. The Hall–Kier alpha value is -2.29. The summed E-state index contributed by atoms with van der Waals surface area (Å²) in [4.78, 5) is 13.7. The standard InChI is InChI=1S/C28H27Cl2NO/c29-23-11-5-9-21(16-23)18-28(25-13-12-24(30)17-26(25)31-27(28)32)22-10-4-8-20(15-22)14-19-6-2-1-3-7-19/h1-3,5-7,9,11-13,16-17,20,22H,4,8,10,14-15,18H2,(H,31,32). The highest BCUT2D eigenvalue weighted by molar-refractivity contribution is 6.31. The lowest BCUT2D eigenvalue weighted by Gasteiger charge is -2.41. The molecular weight excluding hydrogens is 437 g/mol. The van der Waals surface area contributed by atoms with Crippen molar-refractivity contribution in [3.8, 4) is 0 Å². The molecular formula is C28H27Cl2NO. The van der Waals surface area contributed by atoms with Crippen molar-refractivity contribution < 1.29 is 4.79 Å². The van der Waals surface area contributed by atoms with Gasteiger partial charge in [-0.05, 0) is 78.5 Å². The second kappa shape index (κ2) is 8.92. The van der Waals surface area contributed by atoms with E-state index in [4.69, 9.17) is 23.2 Å². The third-order valence-corrected chi connectivity index (χ3v) is 7.80. The molecule has 3 aromatic carbocycles. The molecule has 1 amide bonds. The fraction of sp³-hybridized carbons (Fsp3) is 0.321. The summed E-state index contributed by atoms with van der Waals surface area (Å²) < 4.78 is 0. The molecule has 1 N–H and O–H groups in total. The summed E-state index contributed by atoms with van der Waals surface area (Å²) in [5.74, 6) is 0.947. The minimum Gasteiger partial charge on any atom is -0.325 e. The van der Waals surface area contributed by atoms with Crippen LogP contribution < -0.4 is 5.32 Å². The topological polar surface area (TPSA) is 29.1 Å². The second-order valence-electron chi connectivity index (χ2n) is 9.34. The number of carbonyl (C=O) groups excluding carboxylic acids is 1. The number of amides is 1. The first-order chi connectivity index (χ1) is 15.5. The summed E-state index contributed by atoms with van der Waals surface area (Å²) in [5, 5.41) is 4.52. The molecule has 32 heavy (non-hydrogen) atoms. The lowest BCUT2D eigenvalue weighted by atomic mass is 9.60. The molecule has 0 spiro atoms. The van der Waals surface area contributed by atoms with Crippen LogP contribution in [-0.4, -0.2) is 5.91 Å². The van der Waals surface area contributed by atoms with Crippen LogP contribution in [-0.2, 0) is 23.1 Å². The lowest BCUT2D eigenvalue weighted by Crippen LogP contribution is -2.46. The first kappa shape index (κ1) is 21.6. The summed E-state index contributed by atoms with van der Waals surface area (Å²) in [7, 11) is 0. The molecule has 1 aliphatic heterocycles. The Morgan fingerprint density at radius 1 is 0.875 bits per heavy atom. The van der Waals surface area contributed by atoms with Crippen molar-refractivity contribution in [3.63, 3.8) is 0 Å². The van der Waals surface area contributed by atoms with E-state index in [9.17, 15) is 4.79 Å². The first-order valence-corrected chi connectivity index (χ1v) is 12.2. The summed E-state index contributed by atoms with van der Waals surface area (Å²) >= 11 is 12.6. The average Bonchev–Trinajstić information content (AvgIpc) is 3.06. The fourth-order valence-electron chi connectivity index (χ4n) is 5.93. The predicted molar refractivity (Wildman–Crippen MR) is 133 cm³/mol. The SMILES string of the molecule is O=C1Nc2cc(Cl)ccc2C1(Cc1cccc(Cl)c1)C1CCCC(Cc2ccccc2)C1. The third kappa shape index (κ3) is 4.07. The summed E-state index contributed by atoms with van der Waals surface area (Å²) in [6, 6.07) is 24.5. The van der Waals surface area contributed by atoms with Crippen molar-refractivity contribution in [1.29, 1.82) is 0 Å². The predicted octanol–water partition coefficient (Wildman–Crippen LogP) is 7.48. The number of hydrogen-bond donors (Lipinski definition) is 1. The van der Waals surface area contributed by atoms with Crippen molar-refractivity contribution in [2.75, 3.05) is 5.32 Å². The van der Waals surface area contributed by atoms with Crippen molar-refractivity contribution in [1.82, 2.24) is 0 Å².